The van der Waals surface area contributed by atoms with Crippen molar-refractivity contribution in [2.45, 2.75) is 77.8 Å². The van der Waals surface area contributed by atoms with Crippen LogP contribution in [0.3, 0.4) is 0 Å². The third kappa shape index (κ3) is 5.75. The molecule has 35 heavy (non-hydrogen) atoms. The molecule has 4 rings (SSSR count). The van der Waals surface area contributed by atoms with E-state index in [-0.39, 0.29) is 11.8 Å². The van der Waals surface area contributed by atoms with E-state index in [0.29, 0.717) is 23.9 Å². The molecule has 3 aromatic rings. The highest BCUT2D eigenvalue weighted by Crippen LogP contribution is 2.37. The standard InChI is InChI=1S/C29H37N3O3/c1-4-19(2)16-24(29(34)35)31-28(33)22-14-15-26-23(18-22)30-27(17-21-11-6-5-7-12-21)32(26)25-13-9-8-10-20(25)3/h5-7,11-12,14-15,18-20,24-25H,4,8-10,13,16-17H2,1-3H3,(H,31,33)(H,34,35)/t19?,20?,24-,25?/m0/s1. The molecule has 4 atom stereocenters. The number of nitrogens with zero attached hydrogens (tertiary/aromatic N) is 2. The summed E-state index contributed by atoms with van der Waals surface area (Å²) in [5, 5.41) is 12.3. The van der Waals surface area contributed by atoms with Gasteiger partial charge in [0, 0.05) is 18.0 Å². The molecule has 1 aromatic heterocycles. The van der Waals surface area contributed by atoms with Crippen LogP contribution in [0.25, 0.3) is 11.0 Å². The van der Waals surface area contributed by atoms with Gasteiger partial charge in [0.2, 0.25) is 0 Å². The Morgan fingerprint density at radius 1 is 1.14 bits per heavy atom. The van der Waals surface area contributed by atoms with Crippen LogP contribution >= 0.6 is 0 Å². The Morgan fingerprint density at radius 3 is 2.57 bits per heavy atom. The fourth-order valence-electron chi connectivity index (χ4n) is 5.28. The second-order valence-electron chi connectivity index (χ2n) is 10.2. The van der Waals surface area contributed by atoms with Gasteiger partial charge in [-0.3, -0.25) is 4.79 Å². The van der Waals surface area contributed by atoms with Gasteiger partial charge in [-0.05, 0) is 54.9 Å². The molecule has 0 saturated heterocycles. The van der Waals surface area contributed by atoms with E-state index in [1.165, 1.54) is 24.8 Å². The molecule has 2 N–H and O–H groups in total. The van der Waals surface area contributed by atoms with E-state index < -0.39 is 12.0 Å². The number of fused-ring (bicyclic) bond motifs is 1. The summed E-state index contributed by atoms with van der Waals surface area (Å²) in [5.74, 6) is 0.430. The molecule has 3 unspecified atom stereocenters. The number of hydrogen-bond acceptors (Lipinski definition) is 3. The summed E-state index contributed by atoms with van der Waals surface area (Å²) in [6.07, 6.45) is 6.84. The maximum absolute atomic E-state index is 13.0. The van der Waals surface area contributed by atoms with Gasteiger partial charge in [-0.15, -0.1) is 0 Å². The summed E-state index contributed by atoms with van der Waals surface area (Å²) in [5.41, 5.74) is 3.48. The third-order valence-corrected chi connectivity index (χ3v) is 7.57. The normalized spacial score (nSPS) is 19.9. The summed E-state index contributed by atoms with van der Waals surface area (Å²) in [4.78, 5) is 29.7. The summed E-state index contributed by atoms with van der Waals surface area (Å²) in [7, 11) is 0. The van der Waals surface area contributed by atoms with Crippen molar-refractivity contribution in [1.82, 2.24) is 14.9 Å². The van der Waals surface area contributed by atoms with E-state index in [9.17, 15) is 14.7 Å². The smallest absolute Gasteiger partial charge is 0.326 e. The van der Waals surface area contributed by atoms with Crippen LogP contribution in [0.1, 0.15) is 87.1 Å². The average Bonchev–Trinajstić information content (AvgIpc) is 3.21. The van der Waals surface area contributed by atoms with Crippen LogP contribution in [0.15, 0.2) is 48.5 Å². The van der Waals surface area contributed by atoms with E-state index in [0.717, 1.165) is 36.1 Å². The van der Waals surface area contributed by atoms with Gasteiger partial charge < -0.3 is 15.0 Å². The average molecular weight is 476 g/mol. The molecule has 0 bridgehead atoms. The van der Waals surface area contributed by atoms with E-state index >= 15 is 0 Å². The zero-order valence-electron chi connectivity index (χ0n) is 21.0. The monoisotopic (exact) mass is 475 g/mol. The molecule has 1 fully saturated rings. The number of benzene rings is 2. The number of carbonyl (C=O) groups excluding carboxylic acids is 1. The highest BCUT2D eigenvalue weighted by molar-refractivity contribution is 5.99. The lowest BCUT2D eigenvalue weighted by atomic mass is 9.85. The number of aromatic nitrogens is 2. The van der Waals surface area contributed by atoms with Gasteiger partial charge in [0.15, 0.2) is 0 Å². The van der Waals surface area contributed by atoms with Crippen LogP contribution in [0.2, 0.25) is 0 Å². The Hall–Kier alpha value is -3.15. The number of aliphatic carboxylic acids is 1. The van der Waals surface area contributed by atoms with Gasteiger partial charge in [-0.1, -0.05) is 70.4 Å². The Bertz CT molecular complexity index is 1170. The topological polar surface area (TPSA) is 84.2 Å². The second-order valence-corrected chi connectivity index (χ2v) is 10.2. The number of rotatable bonds is 9. The molecule has 1 heterocycles. The fourth-order valence-corrected chi connectivity index (χ4v) is 5.28. The lowest BCUT2D eigenvalue weighted by molar-refractivity contribution is -0.139. The van der Waals surface area contributed by atoms with Gasteiger partial charge in [0.25, 0.3) is 5.91 Å². The molecule has 0 aliphatic heterocycles. The molecule has 1 aliphatic rings. The maximum atomic E-state index is 13.0. The molecule has 0 radical (unpaired) electrons. The largest absolute Gasteiger partial charge is 0.480 e. The Kier molecular flexibility index (Phi) is 7.89. The Labute approximate surface area is 207 Å². The number of amides is 1. The summed E-state index contributed by atoms with van der Waals surface area (Å²) in [6, 6.07) is 15.4. The lowest BCUT2D eigenvalue weighted by Gasteiger charge is -2.31. The maximum Gasteiger partial charge on any atom is 0.326 e. The van der Waals surface area contributed by atoms with Gasteiger partial charge in [0.1, 0.15) is 11.9 Å². The van der Waals surface area contributed by atoms with Crippen LogP contribution in [-0.2, 0) is 11.2 Å². The van der Waals surface area contributed by atoms with Crippen LogP contribution < -0.4 is 5.32 Å². The Balaban J connectivity index is 1.67. The van der Waals surface area contributed by atoms with Crippen molar-refractivity contribution in [1.29, 1.82) is 0 Å². The predicted molar refractivity (Wildman–Crippen MR) is 139 cm³/mol. The Morgan fingerprint density at radius 2 is 1.89 bits per heavy atom. The minimum atomic E-state index is -1.000. The first-order valence-electron chi connectivity index (χ1n) is 13.0. The van der Waals surface area contributed by atoms with E-state index in [1.807, 2.05) is 44.2 Å². The highest BCUT2D eigenvalue weighted by atomic mass is 16.4. The lowest BCUT2D eigenvalue weighted by Crippen LogP contribution is -2.41. The van der Waals surface area contributed by atoms with Crippen molar-refractivity contribution >= 4 is 22.9 Å². The van der Waals surface area contributed by atoms with Crippen molar-refractivity contribution in [2.75, 3.05) is 0 Å². The number of carbonyl (C=O) groups is 2. The molecule has 1 aliphatic carbocycles. The minimum Gasteiger partial charge on any atom is -0.480 e. The number of carboxylic acids is 1. The molecule has 1 saturated carbocycles. The van der Waals surface area contributed by atoms with Crippen molar-refractivity contribution < 1.29 is 14.7 Å². The van der Waals surface area contributed by atoms with Crippen LogP contribution in [-0.4, -0.2) is 32.6 Å². The number of hydrogen-bond donors (Lipinski definition) is 2. The van der Waals surface area contributed by atoms with Crippen molar-refractivity contribution in [3.05, 3.63) is 65.5 Å². The zero-order chi connectivity index (χ0) is 24.9. The minimum absolute atomic E-state index is 0.215. The zero-order valence-corrected chi connectivity index (χ0v) is 21.0. The predicted octanol–water partition coefficient (Wildman–Crippen LogP) is 6.00. The van der Waals surface area contributed by atoms with E-state index in [2.05, 4.69) is 28.9 Å². The van der Waals surface area contributed by atoms with Crippen LogP contribution in [0, 0.1) is 11.8 Å². The molecule has 1 amide bonds. The first-order chi connectivity index (χ1) is 16.9. The van der Waals surface area contributed by atoms with Gasteiger partial charge in [-0.2, -0.15) is 0 Å². The van der Waals surface area contributed by atoms with Gasteiger partial charge in [0.05, 0.1) is 11.0 Å². The molecule has 0 spiro atoms. The van der Waals surface area contributed by atoms with Crippen molar-refractivity contribution in [3.8, 4) is 0 Å². The highest BCUT2D eigenvalue weighted by Gasteiger charge is 2.28. The quantitative estimate of drug-likeness (QED) is 0.398. The van der Waals surface area contributed by atoms with E-state index in [4.69, 9.17) is 4.98 Å². The van der Waals surface area contributed by atoms with Crippen LogP contribution in [0.5, 0.6) is 0 Å². The summed E-state index contributed by atoms with van der Waals surface area (Å²) >= 11 is 0. The SMILES string of the molecule is CCC(C)C[C@H](NC(=O)c1ccc2c(c1)nc(Cc1ccccc1)n2C1CCCCC1C)C(=O)O. The fraction of sp³-hybridized carbons (Fsp3) is 0.483. The second kappa shape index (κ2) is 11.1. The first kappa shape index (κ1) is 25.0. The van der Waals surface area contributed by atoms with Crippen molar-refractivity contribution in [2.24, 2.45) is 11.8 Å². The van der Waals surface area contributed by atoms with Gasteiger partial charge in [-0.25, -0.2) is 9.78 Å². The third-order valence-electron chi connectivity index (χ3n) is 7.57. The van der Waals surface area contributed by atoms with Crippen molar-refractivity contribution in [3.63, 3.8) is 0 Å². The molecule has 6 nitrogen and oxygen atoms in total. The molecular weight excluding hydrogens is 438 g/mol. The number of carboxylic acid groups (broad SMARTS) is 1. The molecule has 6 heteroatoms. The van der Waals surface area contributed by atoms with Gasteiger partial charge >= 0.3 is 5.97 Å². The molecule has 186 valence electrons. The summed E-state index contributed by atoms with van der Waals surface area (Å²) in [6.45, 7) is 6.35. The first-order valence-corrected chi connectivity index (χ1v) is 13.0. The number of nitrogens with one attached hydrogen (secondary N) is 1. The summed E-state index contributed by atoms with van der Waals surface area (Å²) < 4.78 is 2.40. The van der Waals surface area contributed by atoms with Crippen LogP contribution in [0.4, 0.5) is 0 Å². The number of imidazole rings is 1. The molecular formula is C29H37N3O3. The van der Waals surface area contributed by atoms with E-state index in [1.54, 1.807) is 6.07 Å². The molecule has 2 aromatic carbocycles.